The van der Waals surface area contributed by atoms with Crippen molar-refractivity contribution < 1.29 is 19.1 Å². The Kier molecular flexibility index (Phi) is 7.58. The zero-order chi connectivity index (χ0) is 20.5. The van der Waals surface area contributed by atoms with E-state index in [-0.39, 0.29) is 19.0 Å². The topological polar surface area (TPSA) is 81.3 Å². The van der Waals surface area contributed by atoms with Gasteiger partial charge in [0.25, 0.3) is 0 Å². The predicted molar refractivity (Wildman–Crippen MR) is 106 cm³/mol. The molecule has 146 valence electrons. The number of carbonyl (C=O) groups is 2. The van der Waals surface area contributed by atoms with Crippen LogP contribution in [0.5, 0.6) is 5.75 Å². The Labute approximate surface area is 165 Å². The Balaban J connectivity index is 1.90. The second kappa shape index (κ2) is 10.1. The zero-order valence-corrected chi connectivity index (χ0v) is 16.4. The van der Waals surface area contributed by atoms with Gasteiger partial charge in [0.1, 0.15) is 11.8 Å². The minimum absolute atomic E-state index is 0.0175. The van der Waals surface area contributed by atoms with Gasteiger partial charge in [0, 0.05) is 29.6 Å². The van der Waals surface area contributed by atoms with Crippen molar-refractivity contribution in [2.45, 2.75) is 33.7 Å². The number of carbonyl (C=O) groups excluding carboxylic acids is 2. The van der Waals surface area contributed by atoms with Crippen LogP contribution >= 0.6 is 0 Å². The minimum atomic E-state index is -0.583. The van der Waals surface area contributed by atoms with Crippen molar-refractivity contribution in [3.63, 3.8) is 0 Å². The van der Waals surface area contributed by atoms with E-state index in [9.17, 15) is 9.59 Å². The first-order valence-electron chi connectivity index (χ1n) is 9.10. The van der Waals surface area contributed by atoms with Gasteiger partial charge >= 0.3 is 5.97 Å². The van der Waals surface area contributed by atoms with Crippen LogP contribution < -0.4 is 4.74 Å². The van der Waals surface area contributed by atoms with Crippen LogP contribution in [-0.4, -0.2) is 29.5 Å². The normalized spacial score (nSPS) is 10.6. The van der Waals surface area contributed by atoms with Crippen LogP contribution in [0.4, 0.5) is 0 Å². The predicted octanol–water partition coefficient (Wildman–Crippen LogP) is 3.86. The standard InChI is InChI=1S/C22H24N2O4/c1-4-12-24-16(2)14-20(17(24)3)21(25)15-28-22(26)10-7-18-5-8-19(9-6-18)27-13-11-23/h5-10,14H,4,12-13,15H2,1-3H3/b10-7+. The Hall–Kier alpha value is -3.33. The third-order valence-corrected chi connectivity index (χ3v) is 4.26. The molecule has 0 saturated heterocycles. The number of hydrogen-bond acceptors (Lipinski definition) is 5. The third-order valence-electron chi connectivity index (χ3n) is 4.26. The van der Waals surface area contributed by atoms with Gasteiger partial charge in [-0.15, -0.1) is 0 Å². The largest absolute Gasteiger partial charge is 0.479 e. The van der Waals surface area contributed by atoms with E-state index in [1.54, 1.807) is 30.3 Å². The van der Waals surface area contributed by atoms with Crippen LogP contribution in [-0.2, 0) is 16.1 Å². The second-order valence-electron chi connectivity index (χ2n) is 6.32. The van der Waals surface area contributed by atoms with Gasteiger partial charge in [-0.2, -0.15) is 5.26 Å². The Morgan fingerprint density at radius 3 is 2.57 bits per heavy atom. The average Bonchev–Trinajstić information content (AvgIpc) is 2.98. The van der Waals surface area contributed by atoms with Gasteiger partial charge in [0.15, 0.2) is 13.2 Å². The summed E-state index contributed by atoms with van der Waals surface area (Å²) < 4.78 is 12.3. The summed E-state index contributed by atoms with van der Waals surface area (Å²) in [5.74, 6) is -0.218. The maximum atomic E-state index is 12.4. The highest BCUT2D eigenvalue weighted by molar-refractivity contribution is 6.00. The fourth-order valence-corrected chi connectivity index (χ4v) is 2.87. The highest BCUT2D eigenvalue weighted by Gasteiger charge is 2.16. The molecule has 1 heterocycles. The van der Waals surface area contributed by atoms with Crippen molar-refractivity contribution in [1.82, 2.24) is 4.57 Å². The molecule has 28 heavy (non-hydrogen) atoms. The van der Waals surface area contributed by atoms with Gasteiger partial charge in [-0.1, -0.05) is 19.1 Å². The van der Waals surface area contributed by atoms with Crippen molar-refractivity contribution in [2.75, 3.05) is 13.2 Å². The monoisotopic (exact) mass is 380 g/mol. The molecule has 0 aliphatic carbocycles. The molecule has 1 aromatic heterocycles. The fraction of sp³-hybridized carbons (Fsp3) is 0.318. The molecule has 0 saturated carbocycles. The molecule has 0 aliphatic rings. The number of rotatable bonds is 9. The summed E-state index contributed by atoms with van der Waals surface area (Å²) in [6.45, 7) is 6.50. The molecule has 0 atom stereocenters. The van der Waals surface area contributed by atoms with Gasteiger partial charge in [0.2, 0.25) is 5.78 Å². The molecule has 6 heteroatoms. The number of aromatic nitrogens is 1. The number of nitriles is 1. The van der Waals surface area contributed by atoms with E-state index in [1.165, 1.54) is 6.08 Å². The lowest BCUT2D eigenvalue weighted by molar-refractivity contribution is -0.136. The van der Waals surface area contributed by atoms with Crippen molar-refractivity contribution in [2.24, 2.45) is 0 Å². The molecule has 0 fully saturated rings. The summed E-state index contributed by atoms with van der Waals surface area (Å²) in [4.78, 5) is 24.3. The fourth-order valence-electron chi connectivity index (χ4n) is 2.87. The first kappa shape index (κ1) is 21.0. The Morgan fingerprint density at radius 1 is 1.21 bits per heavy atom. The Bertz CT molecular complexity index is 902. The average molecular weight is 380 g/mol. The van der Waals surface area contributed by atoms with Gasteiger partial charge in [-0.25, -0.2) is 4.79 Å². The maximum Gasteiger partial charge on any atom is 0.331 e. The number of hydrogen-bond donors (Lipinski definition) is 0. The molecule has 0 bridgehead atoms. The summed E-state index contributed by atoms with van der Waals surface area (Å²) >= 11 is 0. The van der Waals surface area contributed by atoms with Crippen molar-refractivity contribution in [1.29, 1.82) is 5.26 Å². The van der Waals surface area contributed by atoms with Crippen LogP contribution in [0, 0.1) is 25.2 Å². The van der Waals surface area contributed by atoms with E-state index in [0.29, 0.717) is 11.3 Å². The van der Waals surface area contributed by atoms with Crippen LogP contribution in [0.15, 0.2) is 36.4 Å². The molecule has 6 nitrogen and oxygen atoms in total. The van der Waals surface area contributed by atoms with E-state index in [0.717, 1.165) is 29.9 Å². The number of Topliss-reactive ketones (excluding diaryl/α,β-unsaturated/α-hetero) is 1. The first-order valence-corrected chi connectivity index (χ1v) is 9.10. The lowest BCUT2D eigenvalue weighted by Crippen LogP contribution is -2.13. The Morgan fingerprint density at radius 2 is 1.93 bits per heavy atom. The zero-order valence-electron chi connectivity index (χ0n) is 16.4. The molecule has 0 radical (unpaired) electrons. The number of aryl methyl sites for hydroxylation is 1. The molecule has 0 amide bonds. The molecule has 1 aromatic carbocycles. The molecular weight excluding hydrogens is 356 g/mol. The molecule has 2 aromatic rings. The second-order valence-corrected chi connectivity index (χ2v) is 6.32. The number of ether oxygens (including phenoxy) is 2. The number of ketones is 1. The lowest BCUT2D eigenvalue weighted by atomic mass is 10.1. The summed E-state index contributed by atoms with van der Waals surface area (Å²) in [6, 6.07) is 10.7. The van der Waals surface area contributed by atoms with Crippen LogP contribution in [0.25, 0.3) is 6.08 Å². The smallest absolute Gasteiger partial charge is 0.331 e. The van der Waals surface area contributed by atoms with Gasteiger partial charge in [0.05, 0.1) is 0 Å². The van der Waals surface area contributed by atoms with E-state index in [1.807, 2.05) is 26.0 Å². The number of esters is 1. The quantitative estimate of drug-likeness (QED) is 0.375. The summed E-state index contributed by atoms with van der Waals surface area (Å²) in [5.41, 5.74) is 3.29. The van der Waals surface area contributed by atoms with Crippen LogP contribution in [0.3, 0.4) is 0 Å². The SMILES string of the molecule is CCCn1c(C)cc(C(=O)COC(=O)/C=C/c2ccc(OCC#N)cc2)c1C. The van der Waals surface area contributed by atoms with Crippen LogP contribution in [0.2, 0.25) is 0 Å². The van der Waals surface area contributed by atoms with E-state index in [4.69, 9.17) is 14.7 Å². The van der Waals surface area contributed by atoms with Crippen molar-refractivity contribution >= 4 is 17.8 Å². The highest BCUT2D eigenvalue weighted by atomic mass is 16.5. The van der Waals surface area contributed by atoms with E-state index < -0.39 is 5.97 Å². The molecule has 2 rings (SSSR count). The third kappa shape index (κ3) is 5.58. The molecule has 0 unspecified atom stereocenters. The molecule has 0 spiro atoms. The van der Waals surface area contributed by atoms with Crippen molar-refractivity contribution in [3.05, 3.63) is 58.9 Å². The molecular formula is C22H24N2O4. The minimum Gasteiger partial charge on any atom is -0.479 e. The van der Waals surface area contributed by atoms with Gasteiger partial charge in [-0.05, 0) is 50.1 Å². The van der Waals surface area contributed by atoms with Crippen LogP contribution in [0.1, 0.15) is 40.7 Å². The summed E-state index contributed by atoms with van der Waals surface area (Å²) in [5, 5.41) is 8.48. The number of benzene rings is 1. The van der Waals surface area contributed by atoms with Gasteiger partial charge in [-0.3, -0.25) is 4.79 Å². The number of nitrogens with zero attached hydrogens (tertiary/aromatic N) is 2. The summed E-state index contributed by atoms with van der Waals surface area (Å²) in [7, 11) is 0. The molecule has 0 N–H and O–H groups in total. The van der Waals surface area contributed by atoms with E-state index in [2.05, 4.69) is 11.5 Å². The van der Waals surface area contributed by atoms with Crippen molar-refractivity contribution in [3.8, 4) is 11.8 Å². The summed E-state index contributed by atoms with van der Waals surface area (Å²) in [6.07, 6.45) is 3.85. The lowest BCUT2D eigenvalue weighted by Gasteiger charge is -2.07. The highest BCUT2D eigenvalue weighted by Crippen LogP contribution is 2.17. The first-order chi connectivity index (χ1) is 13.5. The van der Waals surface area contributed by atoms with Gasteiger partial charge < -0.3 is 14.0 Å². The molecule has 0 aliphatic heterocycles. The van der Waals surface area contributed by atoms with E-state index >= 15 is 0 Å². The maximum absolute atomic E-state index is 12.4.